The topological polar surface area (TPSA) is 103 Å². The van der Waals surface area contributed by atoms with Crippen molar-refractivity contribution >= 4 is 11.7 Å². The highest BCUT2D eigenvalue weighted by Gasteiger charge is 2.17. The number of aromatic nitrogens is 2. The molecular weight excluding hydrogens is 250 g/mol. The number of anilines is 1. The first-order valence-electron chi connectivity index (χ1n) is 5.80. The second-order valence-corrected chi connectivity index (χ2v) is 3.73. The second kappa shape index (κ2) is 8.35. The maximum absolute atomic E-state index is 12.2. The fourth-order valence-corrected chi connectivity index (χ4v) is 1.40. The SMILES string of the molecule is COCCN(CCOC)C(=O)c1ccc(NN)nn1. The fraction of sp³-hybridized carbons (Fsp3) is 0.545. The van der Waals surface area contributed by atoms with E-state index in [-0.39, 0.29) is 11.6 Å². The van der Waals surface area contributed by atoms with Gasteiger partial charge in [-0.3, -0.25) is 4.79 Å². The fourth-order valence-electron chi connectivity index (χ4n) is 1.40. The lowest BCUT2D eigenvalue weighted by Crippen LogP contribution is -2.37. The predicted octanol–water partition coefficient (Wildman–Crippen LogP) is -0.503. The number of nitrogens with one attached hydrogen (secondary N) is 1. The molecule has 8 heteroatoms. The van der Waals surface area contributed by atoms with Crippen LogP contribution in [0.25, 0.3) is 0 Å². The molecule has 106 valence electrons. The molecule has 0 radical (unpaired) electrons. The van der Waals surface area contributed by atoms with Gasteiger partial charge in [-0.25, -0.2) is 5.84 Å². The Morgan fingerprint density at radius 2 is 1.89 bits per heavy atom. The van der Waals surface area contributed by atoms with E-state index in [9.17, 15) is 4.79 Å². The molecule has 0 aromatic carbocycles. The number of nitrogen functional groups attached to an aromatic ring is 1. The summed E-state index contributed by atoms with van der Waals surface area (Å²) in [6.45, 7) is 1.84. The molecule has 1 aromatic heterocycles. The number of hydrazine groups is 1. The normalized spacial score (nSPS) is 10.3. The van der Waals surface area contributed by atoms with E-state index in [4.69, 9.17) is 15.3 Å². The summed E-state index contributed by atoms with van der Waals surface area (Å²) in [6, 6.07) is 3.15. The zero-order valence-electron chi connectivity index (χ0n) is 11.1. The van der Waals surface area contributed by atoms with Crippen molar-refractivity contribution in [3.8, 4) is 0 Å². The van der Waals surface area contributed by atoms with Gasteiger partial charge in [-0.1, -0.05) is 0 Å². The summed E-state index contributed by atoms with van der Waals surface area (Å²) >= 11 is 0. The van der Waals surface area contributed by atoms with Crippen LogP contribution >= 0.6 is 0 Å². The van der Waals surface area contributed by atoms with E-state index in [2.05, 4.69) is 15.6 Å². The monoisotopic (exact) mass is 269 g/mol. The average molecular weight is 269 g/mol. The Morgan fingerprint density at radius 3 is 2.32 bits per heavy atom. The number of carbonyl (C=O) groups is 1. The minimum atomic E-state index is -0.217. The molecule has 1 amide bonds. The van der Waals surface area contributed by atoms with Crippen molar-refractivity contribution in [1.29, 1.82) is 0 Å². The van der Waals surface area contributed by atoms with Crippen LogP contribution in [0.5, 0.6) is 0 Å². The van der Waals surface area contributed by atoms with Crippen LogP contribution in [0.15, 0.2) is 12.1 Å². The Labute approximate surface area is 111 Å². The van der Waals surface area contributed by atoms with Gasteiger partial charge in [0.15, 0.2) is 11.5 Å². The molecule has 1 rings (SSSR count). The van der Waals surface area contributed by atoms with Crippen LogP contribution in [0, 0.1) is 0 Å². The highest BCUT2D eigenvalue weighted by atomic mass is 16.5. The molecule has 8 nitrogen and oxygen atoms in total. The molecule has 0 fully saturated rings. The van der Waals surface area contributed by atoms with Gasteiger partial charge in [0, 0.05) is 27.3 Å². The van der Waals surface area contributed by atoms with Gasteiger partial charge < -0.3 is 19.8 Å². The average Bonchev–Trinajstić information content (AvgIpc) is 2.47. The van der Waals surface area contributed by atoms with E-state index >= 15 is 0 Å². The van der Waals surface area contributed by atoms with Crippen LogP contribution in [0.1, 0.15) is 10.5 Å². The summed E-state index contributed by atoms with van der Waals surface area (Å²) in [6.07, 6.45) is 0. The highest BCUT2D eigenvalue weighted by molar-refractivity contribution is 5.92. The van der Waals surface area contributed by atoms with Gasteiger partial charge in [0.1, 0.15) is 0 Å². The first kappa shape index (κ1) is 15.3. The molecule has 0 bridgehead atoms. The van der Waals surface area contributed by atoms with Crippen LogP contribution in [-0.4, -0.2) is 61.5 Å². The van der Waals surface area contributed by atoms with Crippen LogP contribution in [-0.2, 0) is 9.47 Å². The minimum Gasteiger partial charge on any atom is -0.383 e. The van der Waals surface area contributed by atoms with Gasteiger partial charge in [0.05, 0.1) is 13.2 Å². The van der Waals surface area contributed by atoms with Crippen LogP contribution in [0.2, 0.25) is 0 Å². The summed E-state index contributed by atoms with van der Waals surface area (Å²) in [5.74, 6) is 5.37. The van der Waals surface area contributed by atoms with Crippen molar-refractivity contribution in [3.63, 3.8) is 0 Å². The third-order valence-electron chi connectivity index (χ3n) is 2.45. The molecule has 1 heterocycles. The first-order chi connectivity index (χ1) is 9.22. The quantitative estimate of drug-likeness (QED) is 0.484. The summed E-state index contributed by atoms with van der Waals surface area (Å²) in [4.78, 5) is 13.8. The molecule has 19 heavy (non-hydrogen) atoms. The van der Waals surface area contributed by atoms with E-state index in [0.29, 0.717) is 32.1 Å². The molecule has 0 unspecified atom stereocenters. The lowest BCUT2D eigenvalue weighted by molar-refractivity contribution is 0.0621. The van der Waals surface area contributed by atoms with Gasteiger partial charge in [0.25, 0.3) is 5.91 Å². The number of amides is 1. The molecule has 0 spiro atoms. The van der Waals surface area contributed by atoms with E-state index in [0.717, 1.165) is 0 Å². The second-order valence-electron chi connectivity index (χ2n) is 3.73. The molecule has 3 N–H and O–H groups in total. The van der Waals surface area contributed by atoms with Gasteiger partial charge >= 0.3 is 0 Å². The predicted molar refractivity (Wildman–Crippen MR) is 69.5 cm³/mol. The summed E-state index contributed by atoms with van der Waals surface area (Å²) in [7, 11) is 3.17. The van der Waals surface area contributed by atoms with E-state index < -0.39 is 0 Å². The zero-order chi connectivity index (χ0) is 14.1. The molecule has 0 saturated carbocycles. The number of nitrogens with two attached hydrogens (primary N) is 1. The maximum atomic E-state index is 12.2. The lowest BCUT2D eigenvalue weighted by atomic mass is 10.3. The smallest absolute Gasteiger partial charge is 0.274 e. The van der Waals surface area contributed by atoms with Crippen molar-refractivity contribution < 1.29 is 14.3 Å². The molecule has 0 aliphatic rings. The van der Waals surface area contributed by atoms with Crippen molar-refractivity contribution in [1.82, 2.24) is 15.1 Å². The molecular formula is C11H19N5O3. The van der Waals surface area contributed by atoms with E-state index in [1.165, 1.54) is 0 Å². The lowest BCUT2D eigenvalue weighted by Gasteiger charge is -2.21. The van der Waals surface area contributed by atoms with Crippen molar-refractivity contribution in [3.05, 3.63) is 17.8 Å². The van der Waals surface area contributed by atoms with Crippen LogP contribution in [0.3, 0.4) is 0 Å². The van der Waals surface area contributed by atoms with Crippen molar-refractivity contribution in [2.45, 2.75) is 0 Å². The van der Waals surface area contributed by atoms with Crippen molar-refractivity contribution in [2.24, 2.45) is 5.84 Å². The van der Waals surface area contributed by atoms with Crippen molar-refractivity contribution in [2.75, 3.05) is 45.9 Å². The van der Waals surface area contributed by atoms with Crippen LogP contribution in [0.4, 0.5) is 5.82 Å². The molecule has 0 aliphatic heterocycles. The number of hydrogen-bond donors (Lipinski definition) is 2. The Hall–Kier alpha value is -1.77. The minimum absolute atomic E-state index is 0.217. The number of rotatable bonds is 8. The summed E-state index contributed by atoms with van der Waals surface area (Å²) in [5.41, 5.74) is 2.61. The first-order valence-corrected chi connectivity index (χ1v) is 5.80. The summed E-state index contributed by atoms with van der Waals surface area (Å²) in [5, 5.41) is 7.59. The third kappa shape index (κ3) is 4.78. The van der Waals surface area contributed by atoms with Gasteiger partial charge in [-0.2, -0.15) is 0 Å². The molecule has 0 atom stereocenters. The number of carbonyl (C=O) groups excluding carboxylic acids is 1. The third-order valence-corrected chi connectivity index (χ3v) is 2.45. The largest absolute Gasteiger partial charge is 0.383 e. The van der Waals surface area contributed by atoms with E-state index in [1.807, 2.05) is 0 Å². The number of hydrogen-bond acceptors (Lipinski definition) is 7. The Morgan fingerprint density at radius 1 is 1.26 bits per heavy atom. The standard InChI is InChI=1S/C11H19N5O3/c1-18-7-5-16(6-8-19-2)11(17)9-3-4-10(13-12)15-14-9/h3-4H,5-8,12H2,1-2H3,(H,13,15). The van der Waals surface area contributed by atoms with Crippen LogP contribution < -0.4 is 11.3 Å². The Bertz CT molecular complexity index is 376. The van der Waals surface area contributed by atoms with Gasteiger partial charge in [-0.15, -0.1) is 10.2 Å². The highest BCUT2D eigenvalue weighted by Crippen LogP contribution is 2.04. The van der Waals surface area contributed by atoms with E-state index in [1.54, 1.807) is 31.3 Å². The zero-order valence-corrected chi connectivity index (χ0v) is 11.1. The molecule has 1 aromatic rings. The van der Waals surface area contributed by atoms with Gasteiger partial charge in [0.2, 0.25) is 0 Å². The van der Waals surface area contributed by atoms with Gasteiger partial charge in [-0.05, 0) is 12.1 Å². The molecule has 0 saturated heterocycles. The Balaban J connectivity index is 2.72. The molecule has 0 aliphatic carbocycles. The summed E-state index contributed by atoms with van der Waals surface area (Å²) < 4.78 is 9.96. The number of nitrogens with zero attached hydrogens (tertiary/aromatic N) is 3. The Kier molecular flexibility index (Phi) is 6.72. The number of ether oxygens (including phenoxy) is 2. The maximum Gasteiger partial charge on any atom is 0.274 e. The number of methoxy groups -OCH3 is 2.